The van der Waals surface area contributed by atoms with Crippen LogP contribution in [0, 0.1) is 17.8 Å². The molecule has 0 radical (unpaired) electrons. The lowest BCUT2D eigenvalue weighted by molar-refractivity contribution is -0.115. The molecule has 0 spiro atoms. The summed E-state index contributed by atoms with van der Waals surface area (Å²) >= 11 is 0. The lowest BCUT2D eigenvalue weighted by Gasteiger charge is -2.16. The van der Waals surface area contributed by atoms with Crippen molar-refractivity contribution in [2.75, 3.05) is 0 Å². The van der Waals surface area contributed by atoms with Gasteiger partial charge in [-0.3, -0.25) is 0 Å². The van der Waals surface area contributed by atoms with E-state index in [0.717, 1.165) is 31.7 Å². The van der Waals surface area contributed by atoms with E-state index in [4.69, 9.17) is 0 Å². The second-order valence-corrected chi connectivity index (χ2v) is 3.98. The number of hydrogen-bond donors (Lipinski definition) is 0. The molecule has 0 aromatic heterocycles. The normalized spacial score (nSPS) is 16.4. The van der Waals surface area contributed by atoms with Crippen molar-refractivity contribution in [1.29, 1.82) is 0 Å². The van der Waals surface area contributed by atoms with E-state index >= 15 is 0 Å². The van der Waals surface area contributed by atoms with Crippen molar-refractivity contribution in [1.82, 2.24) is 0 Å². The van der Waals surface area contributed by atoms with Gasteiger partial charge in [-0.25, -0.2) is 0 Å². The molecule has 2 atom stereocenters. The van der Waals surface area contributed by atoms with E-state index in [2.05, 4.69) is 0 Å². The fourth-order valence-corrected chi connectivity index (χ4v) is 1.62. The van der Waals surface area contributed by atoms with Crippen LogP contribution in [0.3, 0.4) is 0 Å². The quantitative estimate of drug-likeness (QED) is 0.549. The summed E-state index contributed by atoms with van der Waals surface area (Å²) in [5, 5.41) is 0. The van der Waals surface area contributed by atoms with Gasteiger partial charge < -0.3 is 14.4 Å². The molecule has 0 amide bonds. The smallest absolute Gasteiger partial charge is 0.123 e. The standard InChI is InChI=1S/C12H20O3/c1-3-10(7-13)5-12(9-15)6-11(4-2)8-14/h7-12H,3-6H2,1-2H3. The van der Waals surface area contributed by atoms with Gasteiger partial charge in [-0.2, -0.15) is 0 Å². The second-order valence-electron chi connectivity index (χ2n) is 3.98. The Bertz CT molecular complexity index is 183. The van der Waals surface area contributed by atoms with Gasteiger partial charge in [0.05, 0.1) is 0 Å². The Morgan fingerprint density at radius 3 is 1.27 bits per heavy atom. The highest BCUT2D eigenvalue weighted by molar-refractivity contribution is 5.60. The molecular weight excluding hydrogens is 192 g/mol. The minimum Gasteiger partial charge on any atom is -0.303 e. The molecule has 0 heterocycles. The van der Waals surface area contributed by atoms with Crippen LogP contribution in [0.2, 0.25) is 0 Å². The van der Waals surface area contributed by atoms with E-state index in [1.807, 2.05) is 13.8 Å². The average Bonchev–Trinajstić information content (AvgIpc) is 2.30. The molecular formula is C12H20O3. The van der Waals surface area contributed by atoms with Crippen molar-refractivity contribution < 1.29 is 14.4 Å². The molecule has 0 N–H and O–H groups in total. The van der Waals surface area contributed by atoms with E-state index < -0.39 is 0 Å². The molecule has 15 heavy (non-hydrogen) atoms. The van der Waals surface area contributed by atoms with E-state index in [0.29, 0.717) is 12.8 Å². The van der Waals surface area contributed by atoms with E-state index in [9.17, 15) is 14.4 Å². The third-order valence-corrected chi connectivity index (χ3v) is 2.84. The van der Waals surface area contributed by atoms with Crippen molar-refractivity contribution >= 4 is 18.9 Å². The van der Waals surface area contributed by atoms with Crippen LogP contribution < -0.4 is 0 Å². The maximum Gasteiger partial charge on any atom is 0.123 e. The highest BCUT2D eigenvalue weighted by Gasteiger charge is 2.18. The van der Waals surface area contributed by atoms with Crippen LogP contribution in [0.25, 0.3) is 0 Å². The van der Waals surface area contributed by atoms with Crippen molar-refractivity contribution in [3.63, 3.8) is 0 Å². The van der Waals surface area contributed by atoms with Gasteiger partial charge in [-0.05, 0) is 25.7 Å². The first-order chi connectivity index (χ1) is 7.21. The fourth-order valence-electron chi connectivity index (χ4n) is 1.62. The van der Waals surface area contributed by atoms with Crippen LogP contribution >= 0.6 is 0 Å². The topological polar surface area (TPSA) is 51.2 Å². The van der Waals surface area contributed by atoms with Gasteiger partial charge in [0, 0.05) is 17.8 Å². The summed E-state index contributed by atoms with van der Waals surface area (Å²) in [6.07, 6.45) is 5.34. The Morgan fingerprint density at radius 2 is 1.07 bits per heavy atom. The van der Waals surface area contributed by atoms with Crippen molar-refractivity contribution in [2.24, 2.45) is 17.8 Å². The summed E-state index contributed by atoms with van der Waals surface area (Å²) in [7, 11) is 0. The van der Waals surface area contributed by atoms with E-state index in [-0.39, 0.29) is 17.8 Å². The average molecular weight is 212 g/mol. The summed E-state index contributed by atoms with van der Waals surface area (Å²) in [6, 6.07) is 0. The molecule has 0 fully saturated rings. The number of rotatable bonds is 9. The molecule has 2 unspecified atom stereocenters. The first kappa shape index (κ1) is 14.0. The van der Waals surface area contributed by atoms with Gasteiger partial charge in [-0.15, -0.1) is 0 Å². The maximum atomic E-state index is 10.8. The summed E-state index contributed by atoms with van der Waals surface area (Å²) in [4.78, 5) is 32.1. The highest BCUT2D eigenvalue weighted by Crippen LogP contribution is 2.20. The molecule has 86 valence electrons. The van der Waals surface area contributed by atoms with Crippen LogP contribution in [-0.2, 0) is 14.4 Å². The van der Waals surface area contributed by atoms with Crippen molar-refractivity contribution in [2.45, 2.75) is 39.5 Å². The van der Waals surface area contributed by atoms with Gasteiger partial charge in [0.2, 0.25) is 0 Å². The minimum atomic E-state index is -0.157. The fraction of sp³-hybridized carbons (Fsp3) is 0.750. The Labute approximate surface area is 91.2 Å². The molecule has 3 heteroatoms. The van der Waals surface area contributed by atoms with Crippen molar-refractivity contribution in [3.05, 3.63) is 0 Å². The first-order valence-electron chi connectivity index (χ1n) is 5.57. The first-order valence-corrected chi connectivity index (χ1v) is 5.57. The van der Waals surface area contributed by atoms with Crippen LogP contribution in [-0.4, -0.2) is 18.9 Å². The molecule has 0 aromatic rings. The number of carbonyl (C=O) groups excluding carboxylic acids is 3. The predicted octanol–water partition coefficient (Wildman–Crippen LogP) is 2.03. The summed E-state index contributed by atoms with van der Waals surface area (Å²) in [5.41, 5.74) is 0. The molecule has 0 aliphatic carbocycles. The van der Waals surface area contributed by atoms with E-state index in [1.54, 1.807) is 0 Å². The molecule has 0 bridgehead atoms. The van der Waals surface area contributed by atoms with E-state index in [1.165, 1.54) is 0 Å². The Morgan fingerprint density at radius 1 is 0.733 bits per heavy atom. The molecule has 0 saturated heterocycles. The van der Waals surface area contributed by atoms with Crippen LogP contribution in [0.5, 0.6) is 0 Å². The van der Waals surface area contributed by atoms with Crippen LogP contribution in [0.15, 0.2) is 0 Å². The number of hydrogen-bond acceptors (Lipinski definition) is 3. The highest BCUT2D eigenvalue weighted by atomic mass is 16.1. The van der Waals surface area contributed by atoms with Gasteiger partial charge in [0.15, 0.2) is 0 Å². The summed E-state index contributed by atoms with van der Waals surface area (Å²) in [6.45, 7) is 3.86. The summed E-state index contributed by atoms with van der Waals surface area (Å²) in [5.74, 6) is -0.260. The van der Waals surface area contributed by atoms with Gasteiger partial charge in [0.25, 0.3) is 0 Å². The number of aldehydes is 3. The molecule has 0 aliphatic rings. The second kappa shape index (κ2) is 8.33. The predicted molar refractivity (Wildman–Crippen MR) is 58.5 cm³/mol. The third-order valence-electron chi connectivity index (χ3n) is 2.84. The van der Waals surface area contributed by atoms with Crippen LogP contribution in [0.1, 0.15) is 39.5 Å². The lowest BCUT2D eigenvalue weighted by atomic mass is 9.87. The number of carbonyl (C=O) groups is 3. The monoisotopic (exact) mass is 212 g/mol. The van der Waals surface area contributed by atoms with Crippen molar-refractivity contribution in [3.8, 4) is 0 Å². The van der Waals surface area contributed by atoms with Gasteiger partial charge in [0.1, 0.15) is 18.9 Å². The molecule has 0 saturated carbocycles. The maximum absolute atomic E-state index is 10.8. The molecule has 0 aromatic carbocycles. The largest absolute Gasteiger partial charge is 0.303 e. The minimum absolute atomic E-state index is 0.0515. The lowest BCUT2D eigenvalue weighted by Crippen LogP contribution is -2.15. The van der Waals surface area contributed by atoms with Gasteiger partial charge >= 0.3 is 0 Å². The molecule has 0 aliphatic heterocycles. The molecule has 3 nitrogen and oxygen atoms in total. The Balaban J connectivity index is 4.17. The van der Waals surface area contributed by atoms with Crippen LogP contribution in [0.4, 0.5) is 0 Å². The SMILES string of the molecule is CCC(C=O)CC(C=O)CC(C=O)CC. The summed E-state index contributed by atoms with van der Waals surface area (Å²) < 4.78 is 0. The Kier molecular flexibility index (Phi) is 7.78. The zero-order valence-corrected chi connectivity index (χ0v) is 9.52. The Hall–Kier alpha value is -0.990. The zero-order chi connectivity index (χ0) is 11.7. The molecule has 0 rings (SSSR count). The zero-order valence-electron chi connectivity index (χ0n) is 9.52. The van der Waals surface area contributed by atoms with Gasteiger partial charge in [-0.1, -0.05) is 13.8 Å². The third kappa shape index (κ3) is 5.45.